The summed E-state index contributed by atoms with van der Waals surface area (Å²) in [6.45, 7) is 6.56. The van der Waals surface area contributed by atoms with Crippen molar-refractivity contribution in [1.82, 2.24) is 24.9 Å². The van der Waals surface area contributed by atoms with Crippen molar-refractivity contribution in [3.8, 4) is 0 Å². The van der Waals surface area contributed by atoms with Crippen LogP contribution in [0.3, 0.4) is 0 Å². The molecule has 0 spiro atoms. The lowest BCUT2D eigenvalue weighted by Gasteiger charge is -2.13. The number of hydrogen-bond acceptors (Lipinski definition) is 6. The number of hydrogen-bond donors (Lipinski definition) is 3. The summed E-state index contributed by atoms with van der Waals surface area (Å²) in [5, 5.41) is 19.7. The number of nitrogens with one attached hydrogen (secondary N) is 2. The van der Waals surface area contributed by atoms with Gasteiger partial charge in [0, 0.05) is 37.3 Å². The van der Waals surface area contributed by atoms with E-state index in [0.717, 1.165) is 17.5 Å². The van der Waals surface area contributed by atoms with Crippen LogP contribution in [-0.4, -0.2) is 43.7 Å². The molecule has 0 unspecified atom stereocenters. The topological polar surface area (TPSA) is 104 Å². The van der Waals surface area contributed by atoms with E-state index in [-0.39, 0.29) is 12.5 Å². The molecule has 0 radical (unpaired) electrons. The predicted octanol–water partition coefficient (Wildman–Crippen LogP) is 4.30. The van der Waals surface area contributed by atoms with E-state index in [1.54, 1.807) is 16.8 Å². The Morgan fingerprint density at radius 1 is 1.27 bits per heavy atom. The third kappa shape index (κ3) is 6.36. The number of amides is 1. The third-order valence-electron chi connectivity index (χ3n) is 4.72. The fourth-order valence-electron chi connectivity index (χ4n) is 3.14. The Balaban J connectivity index is 1.99. The molecule has 0 aliphatic heterocycles. The first kappa shape index (κ1) is 23.9. The second-order valence-corrected chi connectivity index (χ2v) is 7.67. The van der Waals surface area contributed by atoms with Gasteiger partial charge < -0.3 is 15.7 Å². The van der Waals surface area contributed by atoms with E-state index in [0.29, 0.717) is 35.9 Å². The number of allylic oxidation sites excluding steroid dienone is 6. The number of aromatic nitrogens is 4. The molecule has 3 aromatic heterocycles. The van der Waals surface area contributed by atoms with Crippen LogP contribution in [0.15, 0.2) is 66.7 Å². The number of aliphatic hydroxyl groups is 1. The fraction of sp³-hybridized carbons (Fsp3) is 0.280. The van der Waals surface area contributed by atoms with E-state index in [2.05, 4.69) is 33.7 Å². The molecule has 172 valence electrons. The highest BCUT2D eigenvalue weighted by molar-refractivity contribution is 6.00. The minimum absolute atomic E-state index is 0.0179. The monoisotopic (exact) mass is 446 g/mol. The highest BCUT2D eigenvalue weighted by Gasteiger charge is 2.15. The van der Waals surface area contributed by atoms with Gasteiger partial charge >= 0.3 is 0 Å². The van der Waals surface area contributed by atoms with Gasteiger partial charge in [-0.25, -0.2) is 9.50 Å². The number of nitrogens with zero attached hydrogens (tertiary/aromatic N) is 4. The van der Waals surface area contributed by atoms with E-state index in [9.17, 15) is 4.79 Å². The number of rotatable bonds is 10. The molecule has 0 bridgehead atoms. The van der Waals surface area contributed by atoms with Gasteiger partial charge in [-0.3, -0.25) is 9.78 Å². The molecule has 0 fully saturated rings. The second kappa shape index (κ2) is 11.7. The van der Waals surface area contributed by atoms with Crippen molar-refractivity contribution in [2.45, 2.75) is 33.6 Å². The molecule has 0 aliphatic rings. The Morgan fingerprint density at radius 2 is 2.12 bits per heavy atom. The number of aliphatic hydroxyl groups excluding tert-OH is 1. The summed E-state index contributed by atoms with van der Waals surface area (Å²) in [6, 6.07) is 5.55. The molecule has 1 amide bonds. The maximum atomic E-state index is 12.6. The standard InChI is InChI=1S/C25H30N6O2/c1-4-8-19(10-5-9-18(2)3)23-29-24(22-11-6-15-31(22)30-23)28-21-12-14-26-17-20(21)25(33)27-13-7-16-32/h5-6,8-12,14-15,17,32H,4,7,13,16H2,1-3H3,(H,27,33)(H,26,28,29,30)/b10-5-,19-8-. The third-order valence-corrected chi connectivity index (χ3v) is 4.72. The molecule has 3 aromatic rings. The van der Waals surface area contributed by atoms with Gasteiger partial charge in [0.1, 0.15) is 5.52 Å². The SMILES string of the molecule is CC/C=C(/C=C\C=C(C)C)c1nc(Nc2ccncc2C(=O)NCCCO)c2cccn2n1. The summed E-state index contributed by atoms with van der Waals surface area (Å²) in [6.07, 6.45) is 14.4. The van der Waals surface area contributed by atoms with Gasteiger partial charge in [-0.1, -0.05) is 36.8 Å². The van der Waals surface area contributed by atoms with Gasteiger partial charge in [0.25, 0.3) is 5.91 Å². The first-order valence-corrected chi connectivity index (χ1v) is 11.0. The maximum Gasteiger partial charge on any atom is 0.254 e. The summed E-state index contributed by atoms with van der Waals surface area (Å²) in [4.78, 5) is 21.5. The number of carbonyl (C=O) groups excluding carboxylic acids is 1. The van der Waals surface area contributed by atoms with E-state index in [1.165, 1.54) is 11.8 Å². The molecule has 0 atom stereocenters. The molecular formula is C25H30N6O2. The van der Waals surface area contributed by atoms with Gasteiger partial charge in [0.15, 0.2) is 11.6 Å². The van der Waals surface area contributed by atoms with Crippen molar-refractivity contribution >= 4 is 28.5 Å². The Morgan fingerprint density at radius 3 is 2.88 bits per heavy atom. The van der Waals surface area contributed by atoms with Gasteiger partial charge in [-0.2, -0.15) is 0 Å². The van der Waals surface area contributed by atoms with Gasteiger partial charge in [0.05, 0.1) is 11.3 Å². The molecule has 8 nitrogen and oxygen atoms in total. The van der Waals surface area contributed by atoms with Crippen LogP contribution in [0.2, 0.25) is 0 Å². The summed E-state index contributed by atoms with van der Waals surface area (Å²) in [7, 11) is 0. The maximum absolute atomic E-state index is 12.6. The zero-order valence-corrected chi connectivity index (χ0v) is 19.2. The Labute approximate surface area is 193 Å². The molecule has 3 rings (SSSR count). The predicted molar refractivity (Wildman–Crippen MR) is 131 cm³/mol. The van der Waals surface area contributed by atoms with E-state index < -0.39 is 0 Å². The van der Waals surface area contributed by atoms with Crippen LogP contribution in [0.1, 0.15) is 49.8 Å². The average Bonchev–Trinajstić information content (AvgIpc) is 3.28. The van der Waals surface area contributed by atoms with Crippen molar-refractivity contribution in [3.05, 3.63) is 78.1 Å². The largest absolute Gasteiger partial charge is 0.396 e. The van der Waals surface area contributed by atoms with Crippen LogP contribution in [0.5, 0.6) is 0 Å². The summed E-state index contributed by atoms with van der Waals surface area (Å²) in [5.74, 6) is 0.888. The zero-order valence-electron chi connectivity index (χ0n) is 19.2. The molecule has 0 aromatic carbocycles. The van der Waals surface area contributed by atoms with Crippen LogP contribution >= 0.6 is 0 Å². The van der Waals surface area contributed by atoms with E-state index in [1.807, 2.05) is 50.4 Å². The van der Waals surface area contributed by atoms with Crippen LogP contribution in [0.25, 0.3) is 11.1 Å². The number of fused-ring (bicyclic) bond motifs is 1. The molecule has 8 heteroatoms. The van der Waals surface area contributed by atoms with Crippen molar-refractivity contribution < 1.29 is 9.90 Å². The van der Waals surface area contributed by atoms with Gasteiger partial charge in [0.2, 0.25) is 0 Å². The first-order valence-electron chi connectivity index (χ1n) is 11.0. The summed E-state index contributed by atoms with van der Waals surface area (Å²) in [5.41, 5.74) is 3.87. The van der Waals surface area contributed by atoms with Crippen molar-refractivity contribution in [1.29, 1.82) is 0 Å². The van der Waals surface area contributed by atoms with E-state index >= 15 is 0 Å². The van der Waals surface area contributed by atoms with Crippen molar-refractivity contribution in [2.24, 2.45) is 0 Å². The normalized spacial score (nSPS) is 11.7. The highest BCUT2D eigenvalue weighted by Crippen LogP contribution is 2.25. The quantitative estimate of drug-likeness (QED) is 0.317. The first-order chi connectivity index (χ1) is 16.0. The minimum Gasteiger partial charge on any atom is -0.396 e. The summed E-state index contributed by atoms with van der Waals surface area (Å²) < 4.78 is 1.77. The summed E-state index contributed by atoms with van der Waals surface area (Å²) >= 11 is 0. The molecule has 0 aliphatic carbocycles. The Kier molecular flexibility index (Phi) is 8.49. The molecule has 3 heterocycles. The molecule has 33 heavy (non-hydrogen) atoms. The lowest BCUT2D eigenvalue weighted by Crippen LogP contribution is -2.26. The van der Waals surface area contributed by atoms with E-state index in [4.69, 9.17) is 10.1 Å². The lowest BCUT2D eigenvalue weighted by molar-refractivity contribution is 0.0951. The number of carbonyl (C=O) groups is 1. The average molecular weight is 447 g/mol. The zero-order chi connectivity index (χ0) is 23.6. The number of anilines is 2. The van der Waals surface area contributed by atoms with Crippen molar-refractivity contribution in [3.63, 3.8) is 0 Å². The van der Waals surface area contributed by atoms with Crippen LogP contribution in [-0.2, 0) is 0 Å². The molecule has 0 saturated carbocycles. The second-order valence-electron chi connectivity index (χ2n) is 7.67. The van der Waals surface area contributed by atoms with Crippen molar-refractivity contribution in [2.75, 3.05) is 18.5 Å². The lowest BCUT2D eigenvalue weighted by atomic mass is 10.1. The molecular weight excluding hydrogens is 416 g/mol. The fourth-order valence-corrected chi connectivity index (χ4v) is 3.14. The Hall–Kier alpha value is -3.78. The number of pyridine rings is 1. The minimum atomic E-state index is -0.268. The molecule has 0 saturated heterocycles. The molecule has 3 N–H and O–H groups in total. The highest BCUT2D eigenvalue weighted by atomic mass is 16.3. The van der Waals surface area contributed by atoms with Crippen LogP contribution < -0.4 is 10.6 Å². The van der Waals surface area contributed by atoms with Crippen LogP contribution in [0, 0.1) is 0 Å². The Bertz CT molecular complexity index is 1190. The van der Waals surface area contributed by atoms with Gasteiger partial charge in [-0.05, 0) is 44.9 Å². The smallest absolute Gasteiger partial charge is 0.254 e. The van der Waals surface area contributed by atoms with Gasteiger partial charge in [-0.15, -0.1) is 5.10 Å². The van der Waals surface area contributed by atoms with Crippen LogP contribution in [0.4, 0.5) is 11.5 Å².